The van der Waals surface area contributed by atoms with E-state index >= 15 is 0 Å². The Kier molecular flexibility index (Phi) is 25.6. The maximum absolute atomic E-state index is 14.2. The molecule has 8 atom stereocenters. The van der Waals surface area contributed by atoms with Crippen LogP contribution in [-0.4, -0.2) is 148 Å². The van der Waals surface area contributed by atoms with Crippen LogP contribution in [0.15, 0.2) is 70.9 Å². The third-order valence-corrected chi connectivity index (χ3v) is 13.3. The Labute approximate surface area is 476 Å². The van der Waals surface area contributed by atoms with Gasteiger partial charge in [0.2, 0.25) is 47.3 Å². The number of aromatic amines is 2. The molecule has 0 saturated carbocycles. The van der Waals surface area contributed by atoms with Crippen molar-refractivity contribution in [3.8, 4) is 0 Å². The Balaban J connectivity index is 1.45. The van der Waals surface area contributed by atoms with Gasteiger partial charge in [0, 0.05) is 53.7 Å². The molecule has 0 aliphatic carbocycles. The number of benzene rings is 2. The molecular formula is C55H83N17O10. The standard InChI is InChI=1S/C55H83N17O10/c1-28(2)22-41(49(77)69-40(53(81)82)19-13-21-62-55(59)60)70-50(78)42(24-33-26-64-38-17-11-9-15-35(33)38)67-43(73)27-65-51(79)44(29(3)4)72-52(80)45(30(5)6)71-48(76)39(18-12-20-61-54(57)58)68-46(74)31(7)66-47(75)36(56)23-32-25-63-37-16-10-8-14-34(32)37/h8-11,14-17,25-26,28-31,36,39-42,44-45,63-64H,12-13,18-24,27,56H2,1-7H3,(H,65,79)(H,66,75)(H,67,73)(H,68,74)(H,69,77)(H,70,78)(H,71,76)(H,72,80)(H,81,82)(H4,57,58,61)(H4,59,60,62)/t31-,36-,39-,40-,41-,42-,44-,45-/m0/s1. The molecule has 27 nitrogen and oxygen atoms in total. The zero-order chi connectivity index (χ0) is 60.8. The molecule has 4 rings (SSSR count). The second-order valence-corrected chi connectivity index (χ2v) is 21.3. The Morgan fingerprint density at radius 3 is 1.51 bits per heavy atom. The number of carboxylic acid groups (broad SMARTS) is 1. The molecule has 82 heavy (non-hydrogen) atoms. The van der Waals surface area contributed by atoms with Gasteiger partial charge in [-0.05, 0) is 86.5 Å². The zero-order valence-corrected chi connectivity index (χ0v) is 47.6. The van der Waals surface area contributed by atoms with Crippen molar-refractivity contribution in [2.75, 3.05) is 19.6 Å². The highest BCUT2D eigenvalue weighted by molar-refractivity contribution is 5.98. The number of carbonyl (C=O) groups is 9. The lowest BCUT2D eigenvalue weighted by Gasteiger charge is -2.29. The van der Waals surface area contributed by atoms with Crippen molar-refractivity contribution in [2.45, 2.75) is 142 Å². The van der Waals surface area contributed by atoms with Gasteiger partial charge in [-0.1, -0.05) is 77.9 Å². The molecule has 0 bridgehead atoms. The highest BCUT2D eigenvalue weighted by atomic mass is 16.4. The second kappa shape index (κ2) is 31.9. The van der Waals surface area contributed by atoms with Gasteiger partial charge in [0.15, 0.2) is 11.9 Å². The van der Waals surface area contributed by atoms with E-state index in [2.05, 4.69) is 62.5 Å². The molecule has 27 heteroatoms. The molecule has 0 fully saturated rings. The Bertz CT molecular complexity index is 2910. The molecular weight excluding hydrogens is 1060 g/mol. The van der Waals surface area contributed by atoms with Gasteiger partial charge in [-0.15, -0.1) is 0 Å². The number of aromatic nitrogens is 2. The number of H-pyrrole nitrogens is 2. The molecule has 0 radical (unpaired) electrons. The molecule has 2 aromatic carbocycles. The predicted octanol–water partition coefficient (Wildman–Crippen LogP) is -1.16. The monoisotopic (exact) mass is 1140 g/mol. The first kappa shape index (κ1) is 65.8. The van der Waals surface area contributed by atoms with E-state index in [0.29, 0.717) is 5.56 Å². The topological polar surface area (TPSA) is 456 Å². The number of amides is 8. The number of hydrogen-bond acceptors (Lipinski definition) is 12. The van der Waals surface area contributed by atoms with E-state index in [4.69, 9.17) is 28.7 Å². The van der Waals surface area contributed by atoms with Crippen LogP contribution in [0.25, 0.3) is 21.8 Å². The van der Waals surface area contributed by atoms with Gasteiger partial charge in [0.25, 0.3) is 0 Å². The number of carbonyl (C=O) groups excluding carboxylic acids is 8. The Morgan fingerprint density at radius 1 is 0.524 bits per heavy atom. The molecule has 0 aliphatic rings. The normalized spacial score (nSPS) is 14.2. The number of carboxylic acids is 1. The predicted molar refractivity (Wildman–Crippen MR) is 311 cm³/mol. The number of nitrogens with two attached hydrogens (primary N) is 5. The third kappa shape index (κ3) is 20.7. The molecule has 4 aromatic rings. The summed E-state index contributed by atoms with van der Waals surface area (Å²) in [7, 11) is 0. The highest BCUT2D eigenvalue weighted by Crippen LogP contribution is 2.21. The minimum Gasteiger partial charge on any atom is -0.480 e. The lowest BCUT2D eigenvalue weighted by molar-refractivity contribution is -0.142. The SMILES string of the molecule is CC(C)C[C@H](NC(=O)[C@H](Cc1c[nH]c2ccccc12)NC(=O)CNC(=O)[C@@H](NC(=O)[C@@H](NC(=O)[C@H](CCCN=C(N)N)NC(=O)[C@H](C)NC(=O)[C@@H](N)Cc1c[nH]c2ccccc12)C(C)C)C(C)C)C(=O)N[C@@H](CCCN=C(N)N)C(=O)O. The number of hydrogen-bond donors (Lipinski definition) is 16. The van der Waals surface area contributed by atoms with Crippen LogP contribution in [0, 0.1) is 17.8 Å². The second-order valence-electron chi connectivity index (χ2n) is 21.3. The summed E-state index contributed by atoms with van der Waals surface area (Å²) in [5.74, 6) is -8.87. The largest absolute Gasteiger partial charge is 0.480 e. The van der Waals surface area contributed by atoms with Crippen LogP contribution in [-0.2, 0) is 56.0 Å². The molecule has 21 N–H and O–H groups in total. The van der Waals surface area contributed by atoms with Gasteiger partial charge >= 0.3 is 5.97 Å². The number of nitrogens with one attached hydrogen (secondary N) is 10. The van der Waals surface area contributed by atoms with Gasteiger partial charge < -0.3 is 86.3 Å². The van der Waals surface area contributed by atoms with E-state index in [1.165, 1.54) is 6.92 Å². The van der Waals surface area contributed by atoms with Crippen LogP contribution in [0.2, 0.25) is 0 Å². The first-order chi connectivity index (χ1) is 38.7. The maximum Gasteiger partial charge on any atom is 0.326 e. The lowest BCUT2D eigenvalue weighted by atomic mass is 9.99. The minimum absolute atomic E-state index is 0.00956. The van der Waals surface area contributed by atoms with Crippen molar-refractivity contribution < 1.29 is 48.3 Å². The van der Waals surface area contributed by atoms with Crippen LogP contribution in [0.4, 0.5) is 0 Å². The minimum atomic E-state index is -1.33. The van der Waals surface area contributed by atoms with E-state index in [1.807, 2.05) is 56.3 Å². The summed E-state index contributed by atoms with van der Waals surface area (Å²) in [5.41, 5.74) is 31.1. The van der Waals surface area contributed by atoms with E-state index in [0.717, 1.165) is 27.4 Å². The number of nitrogens with zero attached hydrogens (tertiary/aromatic N) is 2. The first-order valence-electron chi connectivity index (χ1n) is 27.3. The van der Waals surface area contributed by atoms with Gasteiger partial charge in [0.05, 0.1) is 12.6 Å². The average Bonchev–Trinajstić information content (AvgIpc) is 4.20. The molecule has 2 heterocycles. The molecule has 8 amide bonds. The third-order valence-electron chi connectivity index (χ3n) is 13.3. The van der Waals surface area contributed by atoms with Crippen molar-refractivity contribution in [3.05, 3.63) is 72.1 Å². The summed E-state index contributed by atoms with van der Waals surface area (Å²) in [4.78, 5) is 137. The lowest BCUT2D eigenvalue weighted by Crippen LogP contribution is -2.60. The molecule has 0 unspecified atom stereocenters. The molecule has 0 spiro atoms. The summed E-state index contributed by atoms with van der Waals surface area (Å²) >= 11 is 0. The number of guanidine groups is 2. The molecule has 0 saturated heterocycles. The van der Waals surface area contributed by atoms with Gasteiger partial charge in [-0.3, -0.25) is 48.3 Å². The van der Waals surface area contributed by atoms with Crippen LogP contribution < -0.4 is 71.2 Å². The van der Waals surface area contributed by atoms with Gasteiger partial charge in [-0.25, -0.2) is 4.79 Å². The summed E-state index contributed by atoms with van der Waals surface area (Å²) in [6.07, 6.45) is 4.11. The highest BCUT2D eigenvalue weighted by Gasteiger charge is 2.35. The fraction of sp³-hybridized carbons (Fsp3) is 0.509. The number of rotatable bonds is 33. The van der Waals surface area contributed by atoms with Crippen molar-refractivity contribution in [3.63, 3.8) is 0 Å². The first-order valence-corrected chi connectivity index (χ1v) is 27.3. The Hall–Kier alpha value is -8.75. The van der Waals surface area contributed by atoms with E-state index < -0.39 is 120 Å². The quantitative estimate of drug-likeness (QED) is 0.0152. The van der Waals surface area contributed by atoms with Crippen molar-refractivity contribution in [2.24, 2.45) is 56.4 Å². The van der Waals surface area contributed by atoms with Crippen molar-refractivity contribution in [1.29, 1.82) is 0 Å². The number of aliphatic imine (C=N–C) groups is 2. The van der Waals surface area contributed by atoms with Crippen molar-refractivity contribution in [1.82, 2.24) is 52.5 Å². The summed E-state index contributed by atoms with van der Waals surface area (Å²) in [6.45, 7) is 11.3. The van der Waals surface area contributed by atoms with E-state index in [9.17, 15) is 48.3 Å². The van der Waals surface area contributed by atoms with Crippen molar-refractivity contribution >= 4 is 87.0 Å². The molecule has 448 valence electrons. The van der Waals surface area contributed by atoms with Gasteiger partial charge in [0.1, 0.15) is 42.3 Å². The summed E-state index contributed by atoms with van der Waals surface area (Å²) < 4.78 is 0. The van der Waals surface area contributed by atoms with Crippen LogP contribution in [0.1, 0.15) is 91.7 Å². The smallest absolute Gasteiger partial charge is 0.326 e. The van der Waals surface area contributed by atoms with Crippen LogP contribution in [0.3, 0.4) is 0 Å². The average molecular weight is 1140 g/mol. The maximum atomic E-state index is 14.2. The van der Waals surface area contributed by atoms with Gasteiger partial charge in [-0.2, -0.15) is 0 Å². The molecule has 0 aliphatic heterocycles. The number of para-hydroxylation sites is 2. The fourth-order valence-corrected chi connectivity index (χ4v) is 8.91. The van der Waals surface area contributed by atoms with E-state index in [-0.39, 0.29) is 75.9 Å². The molecule has 2 aromatic heterocycles. The van der Waals surface area contributed by atoms with Crippen LogP contribution in [0.5, 0.6) is 0 Å². The zero-order valence-electron chi connectivity index (χ0n) is 47.6. The fourth-order valence-electron chi connectivity index (χ4n) is 8.91. The summed E-state index contributed by atoms with van der Waals surface area (Å²) in [6, 6.07) is 5.03. The Morgan fingerprint density at radius 2 is 0.988 bits per heavy atom. The number of aliphatic carboxylic acids is 1. The summed E-state index contributed by atoms with van der Waals surface area (Å²) in [5, 5.41) is 32.6. The van der Waals surface area contributed by atoms with Crippen LogP contribution >= 0.6 is 0 Å². The van der Waals surface area contributed by atoms with E-state index in [1.54, 1.807) is 46.2 Å². The number of fused-ring (bicyclic) bond motifs is 2.